The van der Waals surface area contributed by atoms with Crippen LogP contribution in [-0.4, -0.2) is 25.2 Å². The van der Waals surface area contributed by atoms with Crippen LogP contribution in [0.4, 0.5) is 0 Å². The van der Waals surface area contributed by atoms with Gasteiger partial charge in [0.05, 0.1) is 19.8 Å². The average molecular weight is 245 g/mol. The van der Waals surface area contributed by atoms with Crippen LogP contribution < -0.4 is 10.6 Å². The van der Waals surface area contributed by atoms with Crippen LogP contribution in [0.1, 0.15) is 17.3 Å². The first-order chi connectivity index (χ1) is 8.63. The normalized spacial score (nSPS) is 12.9. The molecule has 0 bridgehead atoms. The third kappa shape index (κ3) is 2.47. The van der Waals surface area contributed by atoms with Gasteiger partial charge in [0.1, 0.15) is 6.54 Å². The van der Waals surface area contributed by atoms with Crippen LogP contribution in [-0.2, 0) is 0 Å². The summed E-state index contributed by atoms with van der Waals surface area (Å²) in [7, 11) is 4.37. The summed E-state index contributed by atoms with van der Waals surface area (Å²) in [4.78, 5) is 1.41. The maximum Gasteiger partial charge on any atom is 0.177 e. The van der Waals surface area contributed by atoms with E-state index in [-0.39, 0.29) is 0 Å². The summed E-state index contributed by atoms with van der Waals surface area (Å²) in [6, 6.07) is 13.4. The number of nitrogens with one attached hydrogen (secondary N) is 1. The minimum Gasteiger partial charge on any atom is -0.352 e. The van der Waals surface area contributed by atoms with E-state index in [0.717, 1.165) is 6.54 Å². The Balaban J connectivity index is 2.41. The fourth-order valence-corrected chi connectivity index (χ4v) is 2.35. The Hall–Kier alpha value is -1.58. The van der Waals surface area contributed by atoms with Gasteiger partial charge >= 0.3 is 0 Å². The summed E-state index contributed by atoms with van der Waals surface area (Å²) in [5.41, 5.74) is 7.92. The van der Waals surface area contributed by atoms with Gasteiger partial charge in [-0.15, -0.1) is 0 Å². The molecule has 0 unspecified atom stereocenters. The van der Waals surface area contributed by atoms with Crippen LogP contribution in [0.2, 0.25) is 0 Å². The third-order valence-electron chi connectivity index (χ3n) is 3.44. The van der Waals surface area contributed by atoms with Gasteiger partial charge in [-0.1, -0.05) is 17.7 Å². The fraction of sp³-hybridized carbons (Fsp3) is 0.333. The molecule has 2 aromatic rings. The van der Waals surface area contributed by atoms with Crippen molar-refractivity contribution in [3.8, 4) is 5.69 Å². The molecular weight excluding hydrogens is 222 g/mol. The molecule has 1 heterocycles. The van der Waals surface area contributed by atoms with E-state index in [9.17, 15) is 0 Å². The maximum atomic E-state index is 4.08. The van der Waals surface area contributed by atoms with Gasteiger partial charge in [-0.25, -0.2) is 0 Å². The number of likely N-dealkylation sites (N-methyl/N-ethyl adjacent to an activating group) is 1. The van der Waals surface area contributed by atoms with E-state index in [4.69, 9.17) is 0 Å². The molecule has 0 aliphatic rings. The molecule has 0 saturated carbocycles. The SMILES string of the molecule is Cc1ccc(-n2cccc2[C@H](C[NH3+])[NH+](C)C)cc1. The maximum absolute atomic E-state index is 4.08. The Morgan fingerprint density at radius 2 is 1.83 bits per heavy atom. The Morgan fingerprint density at radius 1 is 1.17 bits per heavy atom. The molecule has 3 nitrogen and oxygen atoms in total. The molecule has 0 radical (unpaired) electrons. The van der Waals surface area contributed by atoms with E-state index >= 15 is 0 Å². The molecule has 96 valence electrons. The van der Waals surface area contributed by atoms with Crippen LogP contribution in [0.15, 0.2) is 42.6 Å². The average Bonchev–Trinajstić information content (AvgIpc) is 2.79. The van der Waals surface area contributed by atoms with Crippen LogP contribution in [0.5, 0.6) is 0 Å². The molecule has 4 N–H and O–H groups in total. The Kier molecular flexibility index (Phi) is 3.84. The van der Waals surface area contributed by atoms with Crippen molar-refractivity contribution in [1.29, 1.82) is 0 Å². The van der Waals surface area contributed by atoms with E-state index in [1.807, 2.05) is 0 Å². The lowest BCUT2D eigenvalue weighted by Gasteiger charge is -2.20. The van der Waals surface area contributed by atoms with Crippen LogP contribution in [0.3, 0.4) is 0 Å². The van der Waals surface area contributed by atoms with E-state index in [0.29, 0.717) is 6.04 Å². The van der Waals surface area contributed by atoms with Gasteiger partial charge in [0, 0.05) is 11.9 Å². The standard InChI is InChI=1S/C15H21N3/c1-12-6-8-13(9-7-12)18-10-4-5-14(18)15(11-16)17(2)3/h4-10,15H,11,16H2,1-3H3/p+2/t15-/m0/s1. The van der Waals surface area contributed by atoms with Crippen LogP contribution >= 0.6 is 0 Å². The topological polar surface area (TPSA) is 37.0 Å². The summed E-state index contributed by atoms with van der Waals surface area (Å²) in [5.74, 6) is 0. The molecule has 0 amide bonds. The molecule has 0 aliphatic carbocycles. The number of hydrogen-bond acceptors (Lipinski definition) is 0. The van der Waals surface area contributed by atoms with Gasteiger partial charge in [-0.3, -0.25) is 0 Å². The summed E-state index contributed by atoms with van der Waals surface area (Å²) in [6.45, 7) is 3.02. The fourth-order valence-electron chi connectivity index (χ4n) is 2.35. The largest absolute Gasteiger partial charge is 0.352 e. The molecule has 18 heavy (non-hydrogen) atoms. The first-order valence-electron chi connectivity index (χ1n) is 6.47. The first kappa shape index (κ1) is 12.9. The predicted octanol–water partition coefficient (Wildman–Crippen LogP) is 0.213. The molecule has 0 saturated heterocycles. The number of nitrogens with zero attached hydrogens (tertiary/aromatic N) is 1. The zero-order valence-corrected chi connectivity index (χ0v) is 11.5. The predicted molar refractivity (Wildman–Crippen MR) is 73.8 cm³/mol. The third-order valence-corrected chi connectivity index (χ3v) is 3.44. The smallest absolute Gasteiger partial charge is 0.177 e. The van der Waals surface area contributed by atoms with E-state index in [2.05, 4.69) is 73.9 Å². The molecule has 1 aromatic carbocycles. The van der Waals surface area contributed by atoms with E-state index in [1.54, 1.807) is 0 Å². The molecule has 3 heteroatoms. The second-order valence-electron chi connectivity index (χ2n) is 5.06. The van der Waals surface area contributed by atoms with Gasteiger partial charge in [0.25, 0.3) is 0 Å². The van der Waals surface area contributed by atoms with Crippen molar-refractivity contribution in [2.45, 2.75) is 13.0 Å². The zero-order chi connectivity index (χ0) is 13.1. The highest BCUT2D eigenvalue weighted by Gasteiger charge is 2.21. The summed E-state index contributed by atoms with van der Waals surface area (Å²) < 4.78 is 2.27. The van der Waals surface area contributed by atoms with E-state index in [1.165, 1.54) is 21.8 Å². The molecule has 2 rings (SSSR count). The van der Waals surface area contributed by atoms with Gasteiger partial charge < -0.3 is 15.2 Å². The lowest BCUT2D eigenvalue weighted by atomic mass is 10.1. The van der Waals surface area contributed by atoms with Crippen molar-refractivity contribution < 1.29 is 10.6 Å². The molecule has 0 spiro atoms. The highest BCUT2D eigenvalue weighted by molar-refractivity contribution is 5.37. The minimum atomic E-state index is 0.432. The van der Waals surface area contributed by atoms with Gasteiger partial charge in [-0.2, -0.15) is 0 Å². The second-order valence-corrected chi connectivity index (χ2v) is 5.06. The van der Waals surface area contributed by atoms with Crippen molar-refractivity contribution in [1.82, 2.24) is 4.57 Å². The number of rotatable bonds is 4. The quantitative estimate of drug-likeness (QED) is 0.773. The highest BCUT2D eigenvalue weighted by atomic mass is 15.1. The molecule has 0 fully saturated rings. The molecular formula is C15H23N3+2. The number of hydrogen-bond donors (Lipinski definition) is 2. The summed E-state index contributed by atoms with van der Waals surface area (Å²) >= 11 is 0. The van der Waals surface area contributed by atoms with Gasteiger partial charge in [0.2, 0.25) is 0 Å². The zero-order valence-electron chi connectivity index (χ0n) is 11.5. The number of aromatic nitrogens is 1. The Bertz CT molecular complexity index is 497. The molecule has 1 atom stereocenters. The van der Waals surface area contributed by atoms with Crippen LogP contribution in [0.25, 0.3) is 5.69 Å². The second kappa shape index (κ2) is 5.38. The minimum absolute atomic E-state index is 0.432. The monoisotopic (exact) mass is 245 g/mol. The highest BCUT2D eigenvalue weighted by Crippen LogP contribution is 2.17. The lowest BCUT2D eigenvalue weighted by molar-refractivity contribution is -0.899. The van der Waals surface area contributed by atoms with Crippen molar-refractivity contribution in [3.05, 3.63) is 53.9 Å². The first-order valence-corrected chi connectivity index (χ1v) is 6.47. The van der Waals surface area contributed by atoms with Gasteiger partial charge in [-0.05, 0) is 31.2 Å². The molecule has 1 aromatic heterocycles. The van der Waals surface area contributed by atoms with Gasteiger partial charge in [0.15, 0.2) is 6.04 Å². The van der Waals surface area contributed by atoms with E-state index < -0.39 is 0 Å². The van der Waals surface area contributed by atoms with Crippen molar-refractivity contribution >= 4 is 0 Å². The number of quaternary nitrogens is 2. The molecule has 0 aliphatic heterocycles. The number of aryl methyl sites for hydroxylation is 1. The van der Waals surface area contributed by atoms with Crippen LogP contribution in [0, 0.1) is 6.92 Å². The van der Waals surface area contributed by atoms with Crippen molar-refractivity contribution in [2.24, 2.45) is 0 Å². The summed E-state index contributed by atoms with van der Waals surface area (Å²) in [5, 5.41) is 0. The number of benzene rings is 1. The van der Waals surface area contributed by atoms with Crippen molar-refractivity contribution in [3.63, 3.8) is 0 Å². The van der Waals surface area contributed by atoms with Crippen molar-refractivity contribution in [2.75, 3.05) is 20.6 Å². The Morgan fingerprint density at radius 3 is 2.39 bits per heavy atom. The lowest BCUT2D eigenvalue weighted by Crippen LogP contribution is -3.08. The summed E-state index contributed by atoms with van der Waals surface area (Å²) in [6.07, 6.45) is 2.13. The Labute approximate surface area is 109 Å².